The van der Waals surface area contributed by atoms with Crippen LogP contribution in [0.5, 0.6) is 0 Å². The van der Waals surface area contributed by atoms with Crippen LogP contribution in [0.2, 0.25) is 0 Å². The van der Waals surface area contributed by atoms with Crippen LogP contribution in [0.4, 0.5) is 0 Å². The SMILES string of the molecule is Cc1nn(C(c2ccccc2)(c2ccccc2)c2ccccc2)cc1-c1ccc(C(C=N[C@H](C)c2ccccc2)C2C=CC(Cl)=CC2)cn1. The lowest BCUT2D eigenvalue weighted by molar-refractivity contribution is 0.458. The van der Waals surface area contributed by atoms with E-state index in [4.69, 9.17) is 26.7 Å². The third-order valence-corrected chi connectivity index (χ3v) is 9.85. The van der Waals surface area contributed by atoms with Crippen molar-refractivity contribution in [1.82, 2.24) is 14.8 Å². The molecule has 4 aromatic carbocycles. The zero-order chi connectivity index (χ0) is 33.6. The average Bonchev–Trinajstić information content (AvgIpc) is 3.55. The number of rotatable bonds is 10. The van der Waals surface area contributed by atoms with Crippen molar-refractivity contribution >= 4 is 17.8 Å². The van der Waals surface area contributed by atoms with Crippen LogP contribution in [-0.4, -0.2) is 21.0 Å². The van der Waals surface area contributed by atoms with E-state index in [2.05, 4.69) is 170 Å². The molecular weight excluding hydrogens is 620 g/mol. The lowest BCUT2D eigenvalue weighted by Crippen LogP contribution is -2.38. The second-order valence-electron chi connectivity index (χ2n) is 12.6. The van der Waals surface area contributed by atoms with Gasteiger partial charge in [-0.2, -0.15) is 5.10 Å². The van der Waals surface area contributed by atoms with Gasteiger partial charge in [-0.1, -0.05) is 151 Å². The summed E-state index contributed by atoms with van der Waals surface area (Å²) in [5.41, 5.74) is 7.80. The molecule has 2 heterocycles. The highest BCUT2D eigenvalue weighted by molar-refractivity contribution is 6.31. The predicted octanol–water partition coefficient (Wildman–Crippen LogP) is 10.7. The van der Waals surface area contributed by atoms with Gasteiger partial charge in [-0.05, 0) is 66.1 Å². The summed E-state index contributed by atoms with van der Waals surface area (Å²) >= 11 is 6.32. The summed E-state index contributed by atoms with van der Waals surface area (Å²) in [5.74, 6) is 0.283. The van der Waals surface area contributed by atoms with Crippen molar-refractivity contribution in [3.05, 3.63) is 203 Å². The van der Waals surface area contributed by atoms with Crippen LogP contribution in [0.3, 0.4) is 0 Å². The summed E-state index contributed by atoms with van der Waals surface area (Å²) < 4.78 is 2.12. The first-order valence-corrected chi connectivity index (χ1v) is 17.2. The van der Waals surface area contributed by atoms with Gasteiger partial charge < -0.3 is 0 Å². The lowest BCUT2D eigenvalue weighted by atomic mass is 9.77. The number of aliphatic imine (C=N–C) groups is 1. The number of nitrogens with zero attached hydrogens (tertiary/aromatic N) is 4. The maximum Gasteiger partial charge on any atom is 0.138 e. The zero-order valence-electron chi connectivity index (χ0n) is 27.8. The van der Waals surface area contributed by atoms with E-state index in [-0.39, 0.29) is 17.9 Å². The van der Waals surface area contributed by atoms with Gasteiger partial charge in [0, 0.05) is 35.1 Å². The Kier molecular flexibility index (Phi) is 9.49. The second-order valence-corrected chi connectivity index (χ2v) is 13.1. The Morgan fingerprint density at radius 3 is 1.86 bits per heavy atom. The van der Waals surface area contributed by atoms with Crippen LogP contribution in [0.15, 0.2) is 174 Å². The molecule has 1 aliphatic rings. The number of pyridine rings is 1. The van der Waals surface area contributed by atoms with Gasteiger partial charge in [0.15, 0.2) is 0 Å². The maximum atomic E-state index is 6.32. The normalized spacial score (nSPS) is 16.0. The minimum atomic E-state index is -0.689. The molecule has 4 nitrogen and oxygen atoms in total. The molecule has 5 heteroatoms. The molecule has 3 atom stereocenters. The molecule has 0 spiro atoms. The summed E-state index contributed by atoms with van der Waals surface area (Å²) in [7, 11) is 0. The fourth-order valence-electron chi connectivity index (χ4n) is 6.94. The topological polar surface area (TPSA) is 43.1 Å². The van der Waals surface area contributed by atoms with E-state index in [0.717, 1.165) is 50.7 Å². The fraction of sp³-hybridized carbons (Fsp3) is 0.159. The van der Waals surface area contributed by atoms with Gasteiger partial charge in [-0.3, -0.25) is 14.7 Å². The smallest absolute Gasteiger partial charge is 0.138 e. The van der Waals surface area contributed by atoms with Gasteiger partial charge in [0.2, 0.25) is 0 Å². The molecule has 0 amide bonds. The van der Waals surface area contributed by atoms with Crippen LogP contribution in [-0.2, 0) is 5.54 Å². The molecule has 49 heavy (non-hydrogen) atoms. The monoisotopic (exact) mass is 658 g/mol. The second kappa shape index (κ2) is 14.4. The summed E-state index contributed by atoms with van der Waals surface area (Å²) in [6.07, 6.45) is 13.4. The predicted molar refractivity (Wildman–Crippen MR) is 202 cm³/mol. The largest absolute Gasteiger partial charge is 0.289 e. The molecule has 2 unspecified atom stereocenters. The van der Waals surface area contributed by atoms with Gasteiger partial charge in [0.25, 0.3) is 0 Å². The molecule has 6 aromatic rings. The van der Waals surface area contributed by atoms with Crippen molar-refractivity contribution in [2.75, 3.05) is 0 Å². The van der Waals surface area contributed by atoms with Gasteiger partial charge in [0.1, 0.15) is 5.54 Å². The molecule has 0 radical (unpaired) electrons. The van der Waals surface area contributed by atoms with Gasteiger partial charge in [-0.25, -0.2) is 0 Å². The van der Waals surface area contributed by atoms with E-state index >= 15 is 0 Å². The first-order chi connectivity index (χ1) is 24.0. The minimum absolute atomic E-state index is 0.0511. The highest BCUT2D eigenvalue weighted by Gasteiger charge is 2.39. The number of benzene rings is 4. The van der Waals surface area contributed by atoms with E-state index in [9.17, 15) is 0 Å². The number of halogens is 1. The third kappa shape index (κ3) is 6.57. The van der Waals surface area contributed by atoms with Crippen LogP contribution in [0, 0.1) is 12.8 Å². The third-order valence-electron chi connectivity index (χ3n) is 9.57. The quantitative estimate of drug-likeness (QED) is 0.109. The summed E-state index contributed by atoms with van der Waals surface area (Å²) in [5, 5.41) is 6.01. The van der Waals surface area contributed by atoms with E-state index in [0.29, 0.717) is 0 Å². The Balaban J connectivity index is 1.28. The zero-order valence-corrected chi connectivity index (χ0v) is 28.5. The molecule has 0 saturated heterocycles. The first kappa shape index (κ1) is 32.2. The Bertz CT molecular complexity index is 1970. The van der Waals surface area contributed by atoms with Crippen molar-refractivity contribution < 1.29 is 0 Å². The standard InChI is InChI=1S/C44H39ClN4/c1-32(34-15-7-3-8-16-34)46-30-41(35-23-26-40(45)27-24-35)36-25-28-43(47-29-36)42-31-49(48-33(42)2)44(37-17-9-4-10-18-37,38-19-11-5-12-20-38)39-21-13-6-14-22-39/h3-23,25-32,35,41H,24H2,1-2H3/t32-,35?,41?/m1/s1. The molecule has 1 aliphatic carbocycles. The molecule has 0 aliphatic heterocycles. The van der Waals surface area contributed by atoms with Crippen LogP contribution >= 0.6 is 11.6 Å². The van der Waals surface area contributed by atoms with Gasteiger partial charge >= 0.3 is 0 Å². The highest BCUT2D eigenvalue weighted by atomic mass is 35.5. The Hall–Kier alpha value is -5.32. The molecule has 0 saturated carbocycles. The Morgan fingerprint density at radius 1 is 0.776 bits per heavy atom. The fourth-order valence-corrected chi connectivity index (χ4v) is 7.10. The number of hydrogen-bond acceptors (Lipinski definition) is 3. The number of allylic oxidation sites excluding steroid dienone is 4. The van der Waals surface area contributed by atoms with E-state index in [1.54, 1.807) is 0 Å². The molecule has 0 N–H and O–H groups in total. The van der Waals surface area contributed by atoms with E-state index in [1.165, 1.54) is 5.56 Å². The van der Waals surface area contributed by atoms with Crippen molar-refractivity contribution in [3.63, 3.8) is 0 Å². The van der Waals surface area contributed by atoms with Gasteiger partial charge in [-0.15, -0.1) is 0 Å². The van der Waals surface area contributed by atoms with Crippen molar-refractivity contribution in [3.8, 4) is 11.3 Å². The molecule has 0 fully saturated rings. The van der Waals surface area contributed by atoms with Crippen molar-refractivity contribution in [2.45, 2.75) is 37.8 Å². The van der Waals surface area contributed by atoms with Crippen molar-refractivity contribution in [2.24, 2.45) is 10.9 Å². The van der Waals surface area contributed by atoms with Crippen molar-refractivity contribution in [1.29, 1.82) is 0 Å². The van der Waals surface area contributed by atoms with Crippen LogP contribution < -0.4 is 0 Å². The minimum Gasteiger partial charge on any atom is -0.289 e. The molecular formula is C44H39ClN4. The van der Waals surface area contributed by atoms with Crippen LogP contribution in [0.1, 0.15) is 58.8 Å². The summed E-state index contributed by atoms with van der Waals surface area (Å²) in [6, 6.07) is 46.6. The van der Waals surface area contributed by atoms with Crippen LogP contribution in [0.25, 0.3) is 11.3 Å². The number of hydrogen-bond donors (Lipinski definition) is 0. The summed E-state index contributed by atoms with van der Waals surface area (Å²) in [6.45, 7) is 4.20. The Morgan fingerprint density at radius 2 is 1.35 bits per heavy atom. The number of aromatic nitrogens is 3. The van der Waals surface area contributed by atoms with E-state index < -0.39 is 5.54 Å². The lowest BCUT2D eigenvalue weighted by Gasteiger charge is -2.36. The summed E-state index contributed by atoms with van der Waals surface area (Å²) in [4.78, 5) is 10.1. The maximum absolute atomic E-state index is 6.32. The highest BCUT2D eigenvalue weighted by Crippen LogP contribution is 2.42. The first-order valence-electron chi connectivity index (χ1n) is 16.9. The number of aryl methyl sites for hydroxylation is 1. The average molecular weight is 659 g/mol. The molecule has 0 bridgehead atoms. The van der Waals surface area contributed by atoms with E-state index in [1.807, 2.05) is 18.3 Å². The Labute approximate surface area is 294 Å². The molecule has 2 aromatic heterocycles. The molecule has 7 rings (SSSR count). The van der Waals surface area contributed by atoms with Gasteiger partial charge in [0.05, 0.1) is 17.4 Å². The molecule has 242 valence electrons.